The Kier molecular flexibility index (Phi) is 5.42. The van der Waals surface area contributed by atoms with Gasteiger partial charge in [0.1, 0.15) is 0 Å². The average Bonchev–Trinajstić information content (AvgIpc) is 2.43. The van der Waals surface area contributed by atoms with Gasteiger partial charge in [-0.2, -0.15) is 0 Å². The largest absolute Gasteiger partial charge is 0.394 e. The van der Waals surface area contributed by atoms with E-state index in [4.69, 9.17) is 5.11 Å². The summed E-state index contributed by atoms with van der Waals surface area (Å²) in [5, 5.41) is 20.6. The standard InChI is InChI=1S/C15H21NO4/c1-8-9(2)13(7-18)11(4)14(10(8)3)15(20)16-5-12(19)6-17/h7,12,17,19H,5-6H2,1-4H3,(H,16,20). The van der Waals surface area contributed by atoms with Gasteiger partial charge in [0.05, 0.1) is 12.7 Å². The van der Waals surface area contributed by atoms with Crippen LogP contribution in [0.2, 0.25) is 0 Å². The van der Waals surface area contributed by atoms with Crippen LogP contribution in [0.5, 0.6) is 0 Å². The van der Waals surface area contributed by atoms with Crippen LogP contribution in [0.1, 0.15) is 43.0 Å². The minimum atomic E-state index is -0.989. The fourth-order valence-corrected chi connectivity index (χ4v) is 2.25. The molecule has 0 radical (unpaired) electrons. The summed E-state index contributed by atoms with van der Waals surface area (Å²) < 4.78 is 0. The van der Waals surface area contributed by atoms with Crippen molar-refractivity contribution < 1.29 is 19.8 Å². The van der Waals surface area contributed by atoms with Gasteiger partial charge in [-0.25, -0.2) is 0 Å². The third-order valence-corrected chi connectivity index (χ3v) is 3.74. The van der Waals surface area contributed by atoms with Crippen LogP contribution < -0.4 is 5.32 Å². The zero-order valence-corrected chi connectivity index (χ0v) is 12.3. The van der Waals surface area contributed by atoms with Crippen molar-refractivity contribution in [1.82, 2.24) is 5.32 Å². The summed E-state index contributed by atoms with van der Waals surface area (Å²) in [5.74, 6) is -0.348. The summed E-state index contributed by atoms with van der Waals surface area (Å²) in [5.41, 5.74) is 4.23. The maximum absolute atomic E-state index is 12.2. The Balaban J connectivity index is 3.21. The fraction of sp³-hybridized carbons (Fsp3) is 0.467. The van der Waals surface area contributed by atoms with Crippen LogP contribution in [0.4, 0.5) is 0 Å². The van der Waals surface area contributed by atoms with Gasteiger partial charge in [-0.1, -0.05) is 0 Å². The molecule has 0 bridgehead atoms. The number of nitrogens with one attached hydrogen (secondary N) is 1. The van der Waals surface area contributed by atoms with Crippen molar-refractivity contribution in [2.75, 3.05) is 13.2 Å². The molecule has 0 aliphatic heterocycles. The van der Waals surface area contributed by atoms with Gasteiger partial charge in [0.25, 0.3) is 5.91 Å². The van der Waals surface area contributed by atoms with E-state index in [-0.39, 0.29) is 12.5 Å². The van der Waals surface area contributed by atoms with E-state index < -0.39 is 12.7 Å². The van der Waals surface area contributed by atoms with Crippen molar-refractivity contribution in [2.45, 2.75) is 33.8 Å². The molecule has 0 aliphatic rings. The van der Waals surface area contributed by atoms with Gasteiger partial charge >= 0.3 is 0 Å². The number of benzene rings is 1. The molecule has 3 N–H and O–H groups in total. The zero-order valence-electron chi connectivity index (χ0n) is 12.3. The molecule has 0 fully saturated rings. The molecule has 1 rings (SSSR count). The van der Waals surface area contributed by atoms with Gasteiger partial charge in [0.2, 0.25) is 0 Å². The average molecular weight is 279 g/mol. The van der Waals surface area contributed by atoms with Gasteiger partial charge in [-0.15, -0.1) is 0 Å². The van der Waals surface area contributed by atoms with Crippen LogP contribution >= 0.6 is 0 Å². The molecule has 0 saturated carbocycles. The Hall–Kier alpha value is -1.72. The lowest BCUT2D eigenvalue weighted by Crippen LogP contribution is -2.35. The van der Waals surface area contributed by atoms with Crippen molar-refractivity contribution >= 4 is 12.2 Å². The molecule has 0 aromatic heterocycles. The number of rotatable bonds is 5. The third kappa shape index (κ3) is 3.05. The minimum absolute atomic E-state index is 0.0302. The van der Waals surface area contributed by atoms with Crippen molar-refractivity contribution in [2.24, 2.45) is 0 Å². The van der Waals surface area contributed by atoms with E-state index in [1.54, 1.807) is 6.92 Å². The molecule has 5 nitrogen and oxygen atoms in total. The molecule has 1 atom stereocenters. The van der Waals surface area contributed by atoms with Crippen molar-refractivity contribution in [1.29, 1.82) is 0 Å². The molecule has 0 saturated heterocycles. The van der Waals surface area contributed by atoms with E-state index >= 15 is 0 Å². The summed E-state index contributed by atoms with van der Waals surface area (Å²) in [4.78, 5) is 23.4. The predicted molar refractivity (Wildman–Crippen MR) is 76.2 cm³/mol. The van der Waals surface area contributed by atoms with E-state index in [1.807, 2.05) is 20.8 Å². The first kappa shape index (κ1) is 16.3. The topological polar surface area (TPSA) is 86.6 Å². The Morgan fingerprint density at radius 3 is 2.25 bits per heavy atom. The first-order valence-corrected chi connectivity index (χ1v) is 6.47. The number of carbonyl (C=O) groups is 2. The highest BCUT2D eigenvalue weighted by Gasteiger charge is 2.19. The summed E-state index contributed by atoms with van der Waals surface area (Å²) in [6.45, 7) is 6.86. The molecule has 0 heterocycles. The van der Waals surface area contributed by atoms with Crippen molar-refractivity contribution in [3.63, 3.8) is 0 Å². The zero-order chi connectivity index (χ0) is 15.4. The molecule has 1 aromatic carbocycles. The molecule has 0 aliphatic carbocycles. The highest BCUT2D eigenvalue weighted by molar-refractivity contribution is 6.00. The second kappa shape index (κ2) is 6.63. The van der Waals surface area contributed by atoms with E-state index in [2.05, 4.69) is 5.32 Å². The van der Waals surface area contributed by atoms with Gasteiger partial charge in [-0.3, -0.25) is 9.59 Å². The molecule has 1 aromatic rings. The summed E-state index contributed by atoms with van der Waals surface area (Å²) in [7, 11) is 0. The predicted octanol–water partition coefficient (Wildman–Crippen LogP) is 0.816. The highest BCUT2D eigenvalue weighted by atomic mass is 16.3. The summed E-state index contributed by atoms with van der Waals surface area (Å²) >= 11 is 0. The molecular formula is C15H21NO4. The first-order chi connectivity index (χ1) is 9.34. The number of aldehydes is 1. The lowest BCUT2D eigenvalue weighted by Gasteiger charge is -2.18. The lowest BCUT2D eigenvalue weighted by molar-refractivity contribution is 0.0801. The maximum atomic E-state index is 12.2. The van der Waals surface area contributed by atoms with Crippen LogP contribution in [0.15, 0.2) is 0 Å². The molecule has 0 spiro atoms. The van der Waals surface area contributed by atoms with Crippen LogP contribution in [0, 0.1) is 27.7 Å². The molecule has 1 amide bonds. The normalized spacial score (nSPS) is 12.1. The number of amides is 1. The quantitative estimate of drug-likeness (QED) is 0.696. The molecule has 20 heavy (non-hydrogen) atoms. The number of aliphatic hydroxyl groups excluding tert-OH is 2. The van der Waals surface area contributed by atoms with Gasteiger partial charge in [-0.05, 0) is 49.9 Å². The second-order valence-electron chi connectivity index (χ2n) is 4.95. The number of hydrogen-bond donors (Lipinski definition) is 3. The smallest absolute Gasteiger partial charge is 0.251 e. The van der Waals surface area contributed by atoms with Crippen LogP contribution in [0.25, 0.3) is 0 Å². The van der Waals surface area contributed by atoms with Gasteiger partial charge in [0, 0.05) is 17.7 Å². The fourth-order valence-electron chi connectivity index (χ4n) is 2.25. The summed E-state index contributed by atoms with van der Waals surface area (Å²) in [6, 6.07) is 0. The third-order valence-electron chi connectivity index (χ3n) is 3.74. The highest BCUT2D eigenvalue weighted by Crippen LogP contribution is 2.25. The number of aliphatic hydroxyl groups is 2. The lowest BCUT2D eigenvalue weighted by atomic mass is 9.89. The summed E-state index contributed by atoms with van der Waals surface area (Å²) in [6.07, 6.45) is -0.229. The van der Waals surface area contributed by atoms with E-state index in [9.17, 15) is 14.7 Å². The SMILES string of the molecule is Cc1c(C)c(C=O)c(C)c(C(=O)NCC(O)CO)c1C. The number of carbonyl (C=O) groups excluding carboxylic acids is 2. The van der Waals surface area contributed by atoms with Crippen molar-refractivity contribution in [3.8, 4) is 0 Å². The van der Waals surface area contributed by atoms with E-state index in [0.717, 1.165) is 23.0 Å². The minimum Gasteiger partial charge on any atom is -0.394 e. The van der Waals surface area contributed by atoms with Gasteiger partial charge in [0.15, 0.2) is 6.29 Å². The number of hydrogen-bond acceptors (Lipinski definition) is 4. The second-order valence-corrected chi connectivity index (χ2v) is 4.95. The van der Waals surface area contributed by atoms with Crippen molar-refractivity contribution in [3.05, 3.63) is 33.4 Å². The van der Waals surface area contributed by atoms with Crippen LogP contribution in [-0.4, -0.2) is 41.7 Å². The molecule has 1 unspecified atom stereocenters. The Morgan fingerprint density at radius 2 is 1.75 bits per heavy atom. The first-order valence-electron chi connectivity index (χ1n) is 6.47. The van der Waals surface area contributed by atoms with E-state index in [1.165, 1.54) is 0 Å². The Labute approximate surface area is 118 Å². The maximum Gasteiger partial charge on any atom is 0.251 e. The van der Waals surface area contributed by atoms with E-state index in [0.29, 0.717) is 16.7 Å². The van der Waals surface area contributed by atoms with Crippen LogP contribution in [0.3, 0.4) is 0 Å². The Bertz CT molecular complexity index is 537. The molecule has 5 heteroatoms. The van der Waals surface area contributed by atoms with Crippen LogP contribution in [-0.2, 0) is 0 Å². The van der Waals surface area contributed by atoms with Gasteiger partial charge < -0.3 is 15.5 Å². The monoisotopic (exact) mass is 279 g/mol. The molecule has 110 valence electrons. The Morgan fingerprint density at radius 1 is 1.15 bits per heavy atom. The molecular weight excluding hydrogens is 258 g/mol.